The van der Waals surface area contributed by atoms with Gasteiger partial charge in [0.05, 0.1) is 13.1 Å². The van der Waals surface area contributed by atoms with Crippen molar-refractivity contribution in [3.05, 3.63) is 96.1 Å². The molecule has 2 amide bonds. The Morgan fingerprint density at radius 2 is 1.00 bits per heavy atom. The molecule has 8 heteroatoms. The first kappa shape index (κ1) is 22.5. The molecule has 2 unspecified atom stereocenters. The average molecular weight is 470 g/mol. The van der Waals surface area contributed by atoms with Gasteiger partial charge in [-0.15, -0.1) is 0 Å². The van der Waals surface area contributed by atoms with Crippen LogP contribution in [0.25, 0.3) is 21.5 Å². The molecule has 0 aliphatic carbocycles. The predicted octanol–water partition coefficient (Wildman–Crippen LogP) is 3.14. The Morgan fingerprint density at radius 3 is 1.46 bits per heavy atom. The van der Waals surface area contributed by atoms with Crippen LogP contribution in [0.1, 0.15) is 11.1 Å². The highest BCUT2D eigenvalue weighted by atomic mass is 16.6. The normalized spacial score (nSPS) is 19.1. The summed E-state index contributed by atoms with van der Waals surface area (Å²) >= 11 is 0. The summed E-state index contributed by atoms with van der Waals surface area (Å²) in [6.07, 6.45) is -4.07. The number of rotatable bonds is 4. The summed E-state index contributed by atoms with van der Waals surface area (Å²) in [6.45, 7) is -0.299. The van der Waals surface area contributed by atoms with Gasteiger partial charge in [0.1, 0.15) is 0 Å². The van der Waals surface area contributed by atoms with Crippen molar-refractivity contribution in [1.82, 2.24) is 9.80 Å². The zero-order chi connectivity index (χ0) is 24.5. The van der Waals surface area contributed by atoms with E-state index in [0.717, 1.165) is 31.3 Å². The van der Waals surface area contributed by atoms with Crippen molar-refractivity contribution in [3.8, 4) is 0 Å². The number of nitrogens with zero attached hydrogens (tertiary/aromatic N) is 2. The second kappa shape index (κ2) is 9.17. The maximum atomic E-state index is 13.7. The van der Waals surface area contributed by atoms with E-state index in [1.807, 2.05) is 72.8 Å². The second-order valence-corrected chi connectivity index (χ2v) is 8.30. The van der Waals surface area contributed by atoms with Gasteiger partial charge in [-0.25, -0.2) is 14.4 Å². The molecule has 0 radical (unpaired) electrons. The molecule has 4 aromatic carbocycles. The topological polar surface area (TPSA) is 107 Å². The van der Waals surface area contributed by atoms with Gasteiger partial charge in [-0.2, -0.15) is 0 Å². The van der Waals surface area contributed by atoms with Crippen molar-refractivity contribution >= 4 is 39.5 Å². The van der Waals surface area contributed by atoms with Crippen LogP contribution >= 0.6 is 0 Å². The minimum atomic E-state index is -2.03. The molecular weight excluding hydrogens is 448 g/mol. The Balaban J connectivity index is 1.55. The lowest BCUT2D eigenvalue weighted by molar-refractivity contribution is -0.186. The minimum Gasteiger partial charge on any atom is -0.386 e. The van der Waals surface area contributed by atoms with Crippen molar-refractivity contribution in [3.63, 3.8) is 0 Å². The summed E-state index contributed by atoms with van der Waals surface area (Å²) in [6, 6.07) is 25.1. The van der Waals surface area contributed by atoms with E-state index in [1.54, 1.807) is 12.1 Å². The van der Waals surface area contributed by atoms with Crippen LogP contribution in [0.5, 0.6) is 0 Å². The highest BCUT2D eigenvalue weighted by Crippen LogP contribution is 2.26. The van der Waals surface area contributed by atoms with Crippen molar-refractivity contribution in [1.29, 1.82) is 0 Å². The lowest BCUT2D eigenvalue weighted by Gasteiger charge is -2.36. The Kier molecular flexibility index (Phi) is 5.90. The van der Waals surface area contributed by atoms with Crippen molar-refractivity contribution < 1.29 is 29.3 Å². The number of urea groups is 1. The molecule has 176 valence electrons. The SMILES string of the molecule is O=C1OC(=O)C(O)N(Cc2cccc3ccccc23)C(=O)N(Cc2cccc3ccccc23)C1O. The third-order valence-electron chi connectivity index (χ3n) is 6.15. The molecule has 2 atom stereocenters. The zero-order valence-corrected chi connectivity index (χ0v) is 18.6. The van der Waals surface area contributed by atoms with Gasteiger partial charge in [-0.05, 0) is 32.7 Å². The van der Waals surface area contributed by atoms with Crippen LogP contribution in [0.4, 0.5) is 4.79 Å². The van der Waals surface area contributed by atoms with Crippen LogP contribution in [0.2, 0.25) is 0 Å². The molecule has 0 aromatic heterocycles. The molecule has 0 saturated carbocycles. The highest BCUT2D eigenvalue weighted by Gasteiger charge is 2.42. The van der Waals surface area contributed by atoms with Gasteiger partial charge in [0.25, 0.3) is 0 Å². The lowest BCUT2D eigenvalue weighted by Crippen LogP contribution is -2.58. The number of carbonyl (C=O) groups is 3. The summed E-state index contributed by atoms with van der Waals surface area (Å²) in [7, 11) is 0. The number of amides is 2. The number of cyclic esters (lactones) is 2. The smallest absolute Gasteiger partial charge is 0.364 e. The Bertz CT molecular complexity index is 1330. The van der Waals surface area contributed by atoms with Crippen LogP contribution in [0.15, 0.2) is 84.9 Å². The Labute approximate surface area is 200 Å². The number of ether oxygens (including phenoxy) is 1. The highest BCUT2D eigenvalue weighted by molar-refractivity contribution is 5.96. The Morgan fingerprint density at radius 1 is 0.600 bits per heavy atom. The molecule has 35 heavy (non-hydrogen) atoms. The summed E-state index contributed by atoms with van der Waals surface area (Å²) in [5.74, 6) is -2.65. The second-order valence-electron chi connectivity index (χ2n) is 8.30. The first-order chi connectivity index (χ1) is 16.9. The van der Waals surface area contributed by atoms with Crippen LogP contribution in [-0.2, 0) is 27.4 Å². The number of esters is 2. The maximum absolute atomic E-state index is 13.7. The van der Waals surface area contributed by atoms with E-state index in [0.29, 0.717) is 11.1 Å². The van der Waals surface area contributed by atoms with Crippen LogP contribution in [-0.4, -0.2) is 50.4 Å². The van der Waals surface area contributed by atoms with Crippen LogP contribution in [0.3, 0.4) is 0 Å². The van der Waals surface area contributed by atoms with Gasteiger partial charge >= 0.3 is 18.0 Å². The van der Waals surface area contributed by atoms with Gasteiger partial charge in [0, 0.05) is 0 Å². The predicted molar refractivity (Wildman–Crippen MR) is 127 cm³/mol. The average Bonchev–Trinajstić information content (AvgIpc) is 2.88. The number of aliphatic hydroxyl groups excluding tert-OH is 2. The first-order valence-electron chi connectivity index (χ1n) is 11.1. The van der Waals surface area contributed by atoms with Crippen LogP contribution < -0.4 is 0 Å². The molecular formula is C27H22N2O6. The van der Waals surface area contributed by atoms with Crippen LogP contribution in [0, 0.1) is 0 Å². The van der Waals surface area contributed by atoms with Crippen molar-refractivity contribution in [2.24, 2.45) is 0 Å². The molecule has 8 nitrogen and oxygen atoms in total. The fourth-order valence-electron chi connectivity index (χ4n) is 4.37. The van der Waals surface area contributed by atoms with E-state index in [-0.39, 0.29) is 13.1 Å². The molecule has 2 N–H and O–H groups in total. The van der Waals surface area contributed by atoms with Gasteiger partial charge < -0.3 is 14.9 Å². The van der Waals surface area contributed by atoms with Gasteiger partial charge in [-0.3, -0.25) is 9.80 Å². The molecule has 1 aliphatic heterocycles. The molecule has 1 fully saturated rings. The van der Waals surface area contributed by atoms with Crippen molar-refractivity contribution in [2.75, 3.05) is 0 Å². The summed E-state index contributed by atoms with van der Waals surface area (Å²) in [4.78, 5) is 40.2. The minimum absolute atomic E-state index is 0.149. The standard InChI is InChI=1S/C27H22N2O6/c30-23-25(32)35-26(33)24(31)29(16-20-12-6-10-18-8-2-4-14-22(18)20)27(34)28(23)15-19-11-5-9-17-7-1-3-13-21(17)19/h1-14,23-24,30-31H,15-16H2. The molecule has 1 aliphatic rings. The molecule has 0 spiro atoms. The molecule has 1 heterocycles. The first-order valence-corrected chi connectivity index (χ1v) is 11.1. The summed E-state index contributed by atoms with van der Waals surface area (Å²) in [5, 5.41) is 24.9. The Hall–Kier alpha value is -4.27. The van der Waals surface area contributed by atoms with E-state index >= 15 is 0 Å². The fourth-order valence-corrected chi connectivity index (χ4v) is 4.37. The van der Waals surface area contributed by atoms with Gasteiger partial charge in [-0.1, -0.05) is 84.9 Å². The monoisotopic (exact) mass is 470 g/mol. The molecule has 1 saturated heterocycles. The largest absolute Gasteiger partial charge is 0.386 e. The number of carbonyl (C=O) groups excluding carboxylic acids is 3. The molecule has 5 rings (SSSR count). The van der Waals surface area contributed by atoms with Gasteiger partial charge in [0.15, 0.2) is 0 Å². The van der Waals surface area contributed by atoms with Gasteiger partial charge in [0.2, 0.25) is 12.5 Å². The zero-order valence-electron chi connectivity index (χ0n) is 18.6. The molecule has 4 aromatic rings. The number of benzene rings is 4. The van der Waals surface area contributed by atoms with Crippen molar-refractivity contribution in [2.45, 2.75) is 25.5 Å². The van der Waals surface area contributed by atoms with E-state index in [4.69, 9.17) is 0 Å². The van der Waals surface area contributed by atoms with E-state index < -0.39 is 30.4 Å². The summed E-state index contributed by atoms with van der Waals surface area (Å²) in [5.41, 5.74) is 1.35. The third kappa shape index (κ3) is 4.21. The lowest BCUT2D eigenvalue weighted by atomic mass is 10.0. The number of hydrogen-bond donors (Lipinski definition) is 2. The maximum Gasteiger partial charge on any atom is 0.364 e. The quantitative estimate of drug-likeness (QED) is 0.351. The van der Waals surface area contributed by atoms with E-state index in [2.05, 4.69) is 4.74 Å². The van der Waals surface area contributed by atoms with E-state index in [1.165, 1.54) is 0 Å². The number of aliphatic hydroxyl groups is 2. The molecule has 0 bridgehead atoms. The fraction of sp³-hybridized carbons (Fsp3) is 0.148. The van der Waals surface area contributed by atoms with E-state index in [9.17, 15) is 24.6 Å². The number of fused-ring (bicyclic) bond motifs is 2. The number of hydrogen-bond acceptors (Lipinski definition) is 6. The summed E-state index contributed by atoms with van der Waals surface area (Å²) < 4.78 is 4.66. The third-order valence-corrected chi connectivity index (χ3v) is 6.15.